The predicted molar refractivity (Wildman–Crippen MR) is 151 cm³/mol. The van der Waals surface area contributed by atoms with E-state index in [-0.39, 0.29) is 17.3 Å². The maximum Gasteiger partial charge on any atom is 0.264 e. The van der Waals surface area contributed by atoms with Crippen LogP contribution in [0, 0.1) is 6.92 Å². The Hall–Kier alpha value is -3.65. The van der Waals surface area contributed by atoms with Crippen LogP contribution in [0.15, 0.2) is 89.8 Å². The van der Waals surface area contributed by atoms with Crippen LogP contribution >= 0.6 is 0 Å². The Bertz CT molecular complexity index is 1300. The van der Waals surface area contributed by atoms with Gasteiger partial charge in [-0.15, -0.1) is 0 Å². The van der Waals surface area contributed by atoms with Crippen molar-refractivity contribution in [3.8, 4) is 0 Å². The molecule has 2 amide bonds. The normalized spacial score (nSPS) is 12.0. The van der Waals surface area contributed by atoms with Gasteiger partial charge in [0.15, 0.2) is 0 Å². The van der Waals surface area contributed by atoms with Crippen LogP contribution in [0.3, 0.4) is 0 Å². The molecule has 0 unspecified atom stereocenters. The molecule has 0 aliphatic heterocycles. The van der Waals surface area contributed by atoms with Crippen molar-refractivity contribution in [3.63, 3.8) is 0 Å². The third kappa shape index (κ3) is 7.22. The van der Waals surface area contributed by atoms with E-state index in [0.29, 0.717) is 25.1 Å². The van der Waals surface area contributed by atoms with Gasteiger partial charge in [-0.1, -0.05) is 80.6 Å². The van der Waals surface area contributed by atoms with Gasteiger partial charge in [0.2, 0.25) is 11.8 Å². The highest BCUT2D eigenvalue weighted by Gasteiger charge is 2.33. The molecule has 0 radical (unpaired) electrons. The van der Waals surface area contributed by atoms with Crippen LogP contribution in [0.4, 0.5) is 5.69 Å². The second kappa shape index (κ2) is 13.8. The van der Waals surface area contributed by atoms with Crippen LogP contribution in [0.1, 0.15) is 37.8 Å². The molecule has 3 rings (SSSR count). The van der Waals surface area contributed by atoms with Crippen LogP contribution in [0.25, 0.3) is 0 Å². The molecule has 0 fully saturated rings. The van der Waals surface area contributed by atoms with Crippen molar-refractivity contribution in [2.75, 3.05) is 23.9 Å². The van der Waals surface area contributed by atoms with E-state index in [2.05, 4.69) is 5.32 Å². The number of benzene rings is 3. The summed E-state index contributed by atoms with van der Waals surface area (Å²) in [5.41, 5.74) is 2.18. The Labute approximate surface area is 226 Å². The first kappa shape index (κ1) is 28.9. The largest absolute Gasteiger partial charge is 0.354 e. The molecule has 0 bridgehead atoms. The number of hydrogen-bond donors (Lipinski definition) is 1. The molecule has 0 spiro atoms. The fourth-order valence-electron chi connectivity index (χ4n) is 4.34. The highest BCUT2D eigenvalue weighted by atomic mass is 32.2. The third-order valence-electron chi connectivity index (χ3n) is 6.41. The van der Waals surface area contributed by atoms with Gasteiger partial charge in [0.05, 0.1) is 10.6 Å². The van der Waals surface area contributed by atoms with Gasteiger partial charge < -0.3 is 10.2 Å². The summed E-state index contributed by atoms with van der Waals surface area (Å²) >= 11 is 0. The molecular weight excluding hydrogens is 498 g/mol. The van der Waals surface area contributed by atoms with Crippen molar-refractivity contribution < 1.29 is 18.0 Å². The van der Waals surface area contributed by atoms with Crippen molar-refractivity contribution in [1.29, 1.82) is 0 Å². The fraction of sp³-hybridized carbons (Fsp3) is 0.333. The lowest BCUT2D eigenvalue weighted by molar-refractivity contribution is -0.139. The van der Waals surface area contributed by atoms with Crippen molar-refractivity contribution in [2.24, 2.45) is 0 Å². The molecule has 0 aromatic heterocycles. The van der Waals surface area contributed by atoms with E-state index >= 15 is 0 Å². The number of carbonyl (C=O) groups is 2. The molecule has 7 nitrogen and oxygen atoms in total. The molecule has 3 aromatic rings. The molecular formula is C30H37N3O4S. The lowest BCUT2D eigenvalue weighted by Crippen LogP contribution is -2.53. The number of aryl methyl sites for hydroxylation is 1. The number of hydrogen-bond acceptors (Lipinski definition) is 4. The number of para-hydroxylation sites is 1. The van der Waals surface area contributed by atoms with E-state index in [0.717, 1.165) is 21.9 Å². The van der Waals surface area contributed by atoms with Crippen LogP contribution < -0.4 is 9.62 Å². The van der Waals surface area contributed by atoms with E-state index in [4.69, 9.17) is 0 Å². The van der Waals surface area contributed by atoms with Crippen molar-refractivity contribution in [2.45, 2.75) is 51.0 Å². The molecule has 3 aromatic carbocycles. The maximum absolute atomic E-state index is 14.0. The summed E-state index contributed by atoms with van der Waals surface area (Å²) < 4.78 is 28.8. The lowest BCUT2D eigenvalue weighted by atomic mass is 10.1. The van der Waals surface area contributed by atoms with Crippen LogP contribution in [-0.4, -0.2) is 50.8 Å². The van der Waals surface area contributed by atoms with Gasteiger partial charge in [0.1, 0.15) is 12.6 Å². The van der Waals surface area contributed by atoms with E-state index in [1.807, 2.05) is 63.2 Å². The first-order valence-electron chi connectivity index (χ1n) is 13.0. The SMILES string of the molecule is CCCNC(=O)[C@@H](CC)N(CCc1ccccc1)C(=O)CN(c1ccccc1C)S(=O)(=O)c1ccccc1. The molecule has 1 atom stereocenters. The monoisotopic (exact) mass is 535 g/mol. The van der Waals surface area contributed by atoms with E-state index in [1.54, 1.807) is 30.3 Å². The zero-order chi connectivity index (χ0) is 27.5. The standard InChI is InChI=1S/C30H37N3O4S/c1-4-21-31-30(35)27(5-2)32(22-20-25-15-8-6-9-16-25)29(34)23-33(28-19-13-12-14-24(28)3)38(36,37)26-17-10-7-11-18-26/h6-19,27H,4-5,20-23H2,1-3H3,(H,31,35)/t27-/m1/s1. The summed E-state index contributed by atoms with van der Waals surface area (Å²) in [5, 5.41) is 2.90. The minimum Gasteiger partial charge on any atom is -0.354 e. The van der Waals surface area contributed by atoms with Gasteiger partial charge in [-0.05, 0) is 55.5 Å². The van der Waals surface area contributed by atoms with Gasteiger partial charge in [-0.2, -0.15) is 0 Å². The summed E-state index contributed by atoms with van der Waals surface area (Å²) in [4.78, 5) is 28.7. The zero-order valence-electron chi connectivity index (χ0n) is 22.3. The number of amides is 2. The summed E-state index contributed by atoms with van der Waals surface area (Å²) in [6, 6.07) is 24.2. The molecule has 1 N–H and O–H groups in total. The molecule has 0 aliphatic rings. The molecule has 0 saturated carbocycles. The average Bonchev–Trinajstić information content (AvgIpc) is 2.94. The lowest BCUT2D eigenvalue weighted by Gasteiger charge is -2.33. The smallest absolute Gasteiger partial charge is 0.264 e. The highest BCUT2D eigenvalue weighted by molar-refractivity contribution is 7.92. The number of carbonyl (C=O) groups excluding carboxylic acids is 2. The number of nitrogens with zero attached hydrogens (tertiary/aromatic N) is 2. The zero-order valence-corrected chi connectivity index (χ0v) is 23.2. The Morgan fingerprint density at radius 2 is 1.47 bits per heavy atom. The van der Waals surface area contributed by atoms with Gasteiger partial charge in [0.25, 0.3) is 10.0 Å². The minimum atomic E-state index is -4.05. The molecule has 0 heterocycles. The second-order valence-corrected chi connectivity index (χ2v) is 11.0. The second-order valence-electron chi connectivity index (χ2n) is 9.15. The molecule has 8 heteroatoms. The predicted octanol–water partition coefficient (Wildman–Crippen LogP) is 4.57. The summed E-state index contributed by atoms with van der Waals surface area (Å²) in [6.07, 6.45) is 1.72. The summed E-state index contributed by atoms with van der Waals surface area (Å²) in [7, 11) is -4.05. The average molecular weight is 536 g/mol. The summed E-state index contributed by atoms with van der Waals surface area (Å²) in [6.45, 7) is 6.01. The van der Waals surface area contributed by atoms with Gasteiger partial charge in [-0.3, -0.25) is 13.9 Å². The number of rotatable bonds is 13. The van der Waals surface area contributed by atoms with Crippen molar-refractivity contribution in [3.05, 3.63) is 96.1 Å². The van der Waals surface area contributed by atoms with E-state index in [9.17, 15) is 18.0 Å². The van der Waals surface area contributed by atoms with E-state index < -0.39 is 28.5 Å². The summed E-state index contributed by atoms with van der Waals surface area (Å²) in [5.74, 6) is -0.661. The number of anilines is 1. The van der Waals surface area contributed by atoms with Gasteiger partial charge in [-0.25, -0.2) is 8.42 Å². The first-order chi connectivity index (χ1) is 18.3. The molecule has 38 heavy (non-hydrogen) atoms. The minimum absolute atomic E-state index is 0.0969. The first-order valence-corrected chi connectivity index (χ1v) is 14.5. The number of nitrogens with one attached hydrogen (secondary N) is 1. The van der Waals surface area contributed by atoms with E-state index in [1.165, 1.54) is 17.0 Å². The van der Waals surface area contributed by atoms with Gasteiger partial charge in [0, 0.05) is 13.1 Å². The van der Waals surface area contributed by atoms with Gasteiger partial charge >= 0.3 is 0 Å². The number of sulfonamides is 1. The maximum atomic E-state index is 14.0. The Morgan fingerprint density at radius 3 is 2.08 bits per heavy atom. The van der Waals surface area contributed by atoms with Crippen LogP contribution in [-0.2, 0) is 26.0 Å². The molecule has 202 valence electrons. The van der Waals surface area contributed by atoms with Crippen molar-refractivity contribution >= 4 is 27.5 Å². The van der Waals surface area contributed by atoms with Crippen molar-refractivity contribution in [1.82, 2.24) is 10.2 Å². The van der Waals surface area contributed by atoms with Crippen LogP contribution in [0.5, 0.6) is 0 Å². The molecule has 0 aliphatic carbocycles. The Morgan fingerprint density at radius 1 is 0.868 bits per heavy atom. The topological polar surface area (TPSA) is 86.8 Å². The highest BCUT2D eigenvalue weighted by Crippen LogP contribution is 2.27. The Kier molecular flexibility index (Phi) is 10.5. The van der Waals surface area contributed by atoms with Crippen LogP contribution in [0.2, 0.25) is 0 Å². The third-order valence-corrected chi connectivity index (χ3v) is 8.19. The molecule has 0 saturated heterocycles. The Balaban J connectivity index is 1.99. The fourth-order valence-corrected chi connectivity index (χ4v) is 5.84. The quantitative estimate of drug-likeness (QED) is 0.348.